The summed E-state index contributed by atoms with van der Waals surface area (Å²) in [7, 11) is 0. The molecule has 108 valence electrons. The average molecular weight is 300 g/mol. The smallest absolute Gasteiger partial charge is 0.0992 e. The minimum Gasteiger partial charge on any atom is -0.349 e. The largest absolute Gasteiger partial charge is 0.349 e. The second-order valence-electron chi connectivity index (χ2n) is 5.68. The fourth-order valence-electron chi connectivity index (χ4n) is 2.98. The van der Waals surface area contributed by atoms with E-state index in [0.717, 1.165) is 18.4 Å². The van der Waals surface area contributed by atoms with E-state index in [1.54, 1.807) is 12.1 Å². The maximum Gasteiger partial charge on any atom is 0.0992 e. The van der Waals surface area contributed by atoms with Crippen LogP contribution in [0.3, 0.4) is 0 Å². The molecule has 1 aromatic heterocycles. The third kappa shape index (κ3) is 2.97. The number of benzene rings is 1. The normalized spacial score (nSPS) is 17.9. The van der Waals surface area contributed by atoms with Crippen LogP contribution in [-0.4, -0.2) is 4.57 Å². The number of halogens is 1. The van der Waals surface area contributed by atoms with Crippen molar-refractivity contribution in [2.75, 3.05) is 0 Å². The van der Waals surface area contributed by atoms with E-state index in [0.29, 0.717) is 17.1 Å². The summed E-state index contributed by atoms with van der Waals surface area (Å²) >= 11 is 6.25. The zero-order valence-electron chi connectivity index (χ0n) is 11.8. The summed E-state index contributed by atoms with van der Waals surface area (Å²) in [5, 5.41) is 9.52. The van der Waals surface area contributed by atoms with Crippen molar-refractivity contribution in [3.05, 3.63) is 57.9 Å². The molecule has 3 rings (SSSR count). The number of rotatable bonds is 2. The molecule has 1 aliphatic rings. The minimum absolute atomic E-state index is 0.153. The Morgan fingerprint density at radius 2 is 2.19 bits per heavy atom. The first kappa shape index (κ1) is 14.2. The van der Waals surface area contributed by atoms with E-state index in [9.17, 15) is 0 Å². The first-order chi connectivity index (χ1) is 10.2. The highest BCUT2D eigenvalue weighted by molar-refractivity contribution is 6.31. The van der Waals surface area contributed by atoms with Crippen LogP contribution in [0.2, 0.25) is 5.02 Å². The van der Waals surface area contributed by atoms with E-state index >= 15 is 0 Å². The molecular weight excluding hydrogens is 282 g/mol. The van der Waals surface area contributed by atoms with Crippen molar-refractivity contribution in [2.24, 2.45) is 5.73 Å². The van der Waals surface area contributed by atoms with E-state index < -0.39 is 0 Å². The lowest BCUT2D eigenvalue weighted by atomic mass is 10.1. The lowest BCUT2D eigenvalue weighted by Crippen LogP contribution is -2.09. The number of nitriles is 1. The van der Waals surface area contributed by atoms with E-state index in [-0.39, 0.29) is 6.04 Å². The third-order valence-electron chi connectivity index (χ3n) is 4.14. The van der Waals surface area contributed by atoms with E-state index in [1.165, 1.54) is 24.0 Å². The highest BCUT2D eigenvalue weighted by Crippen LogP contribution is 2.28. The lowest BCUT2D eigenvalue weighted by molar-refractivity contribution is 0.610. The van der Waals surface area contributed by atoms with Crippen molar-refractivity contribution in [2.45, 2.75) is 38.3 Å². The van der Waals surface area contributed by atoms with E-state index in [4.69, 9.17) is 22.6 Å². The van der Waals surface area contributed by atoms with Gasteiger partial charge in [0, 0.05) is 30.0 Å². The topological polar surface area (TPSA) is 54.7 Å². The molecule has 0 bridgehead atoms. The Labute approximate surface area is 129 Å². The van der Waals surface area contributed by atoms with Crippen LogP contribution in [-0.2, 0) is 13.0 Å². The van der Waals surface area contributed by atoms with Crippen LogP contribution in [0.5, 0.6) is 0 Å². The summed E-state index contributed by atoms with van der Waals surface area (Å²) in [4.78, 5) is 0. The van der Waals surface area contributed by atoms with Gasteiger partial charge < -0.3 is 10.3 Å². The van der Waals surface area contributed by atoms with Crippen LogP contribution >= 0.6 is 11.6 Å². The average Bonchev–Trinajstić information content (AvgIpc) is 2.81. The molecule has 3 nitrogen and oxygen atoms in total. The highest BCUT2D eigenvalue weighted by atomic mass is 35.5. The molecule has 2 aromatic rings. The number of nitrogens with two attached hydrogens (primary N) is 1. The van der Waals surface area contributed by atoms with Gasteiger partial charge in [0.2, 0.25) is 0 Å². The van der Waals surface area contributed by atoms with Gasteiger partial charge in [-0.25, -0.2) is 0 Å². The maximum atomic E-state index is 8.88. The summed E-state index contributed by atoms with van der Waals surface area (Å²) in [6.07, 6.45) is 8.93. The van der Waals surface area contributed by atoms with Gasteiger partial charge >= 0.3 is 0 Å². The monoisotopic (exact) mass is 299 g/mol. The molecule has 1 heterocycles. The molecule has 0 aliphatic heterocycles. The molecule has 0 saturated heterocycles. The Kier molecular flexibility index (Phi) is 4.01. The Morgan fingerprint density at radius 1 is 1.33 bits per heavy atom. The SMILES string of the molecule is N#Cc1ccc(Cn2cc3c(c2)C(N)CCCC3)c(Cl)c1. The molecule has 0 saturated carbocycles. The van der Waals surface area contributed by atoms with Crippen LogP contribution in [0.4, 0.5) is 0 Å². The third-order valence-corrected chi connectivity index (χ3v) is 4.50. The van der Waals surface area contributed by atoms with Gasteiger partial charge in [0.25, 0.3) is 0 Å². The number of hydrogen-bond donors (Lipinski definition) is 1. The number of nitrogens with zero attached hydrogens (tertiary/aromatic N) is 2. The Morgan fingerprint density at radius 3 is 2.95 bits per heavy atom. The van der Waals surface area contributed by atoms with Crippen molar-refractivity contribution in [1.29, 1.82) is 5.26 Å². The van der Waals surface area contributed by atoms with Gasteiger partial charge in [-0.2, -0.15) is 5.26 Å². The molecule has 0 spiro atoms. The van der Waals surface area contributed by atoms with Crippen LogP contribution in [0.25, 0.3) is 0 Å². The fourth-order valence-corrected chi connectivity index (χ4v) is 3.22. The molecule has 1 atom stereocenters. The molecule has 2 N–H and O–H groups in total. The molecule has 1 unspecified atom stereocenters. The molecular formula is C17H18ClN3. The maximum absolute atomic E-state index is 8.88. The molecule has 0 fully saturated rings. The van der Waals surface area contributed by atoms with Gasteiger partial charge in [-0.1, -0.05) is 24.1 Å². The van der Waals surface area contributed by atoms with E-state index in [2.05, 4.69) is 23.0 Å². The van der Waals surface area contributed by atoms with Crippen LogP contribution < -0.4 is 5.73 Å². The second kappa shape index (κ2) is 5.93. The molecule has 0 amide bonds. The van der Waals surface area contributed by atoms with Crippen molar-refractivity contribution in [1.82, 2.24) is 4.57 Å². The minimum atomic E-state index is 0.153. The molecule has 4 heteroatoms. The summed E-state index contributed by atoms with van der Waals surface area (Å²) in [5.41, 5.74) is 10.5. The fraction of sp³-hybridized carbons (Fsp3) is 0.353. The van der Waals surface area contributed by atoms with Crippen molar-refractivity contribution in [3.63, 3.8) is 0 Å². The standard InChI is InChI=1S/C17H18ClN3/c18-16-7-12(8-19)5-6-14(16)10-21-9-13-3-1-2-4-17(20)15(13)11-21/h5-7,9,11,17H,1-4,10,20H2. The van der Waals surface area contributed by atoms with Gasteiger partial charge in [0.1, 0.15) is 0 Å². The molecule has 21 heavy (non-hydrogen) atoms. The number of hydrogen-bond acceptors (Lipinski definition) is 2. The summed E-state index contributed by atoms with van der Waals surface area (Å²) < 4.78 is 2.16. The summed E-state index contributed by atoms with van der Waals surface area (Å²) in [5.74, 6) is 0. The summed E-state index contributed by atoms with van der Waals surface area (Å²) in [6, 6.07) is 7.71. The van der Waals surface area contributed by atoms with Crippen molar-refractivity contribution in [3.8, 4) is 6.07 Å². The zero-order chi connectivity index (χ0) is 14.8. The summed E-state index contributed by atoms with van der Waals surface area (Å²) in [6.45, 7) is 0.713. The van der Waals surface area contributed by atoms with Crippen molar-refractivity contribution >= 4 is 11.6 Å². The first-order valence-corrected chi connectivity index (χ1v) is 7.68. The van der Waals surface area contributed by atoms with Crippen LogP contribution in [0.15, 0.2) is 30.6 Å². The van der Waals surface area contributed by atoms with Gasteiger partial charge in [-0.15, -0.1) is 0 Å². The number of fused-ring (bicyclic) bond motifs is 1. The highest BCUT2D eigenvalue weighted by Gasteiger charge is 2.17. The van der Waals surface area contributed by atoms with Gasteiger partial charge in [-0.3, -0.25) is 0 Å². The molecule has 0 radical (unpaired) electrons. The molecule has 1 aliphatic carbocycles. The zero-order valence-corrected chi connectivity index (χ0v) is 12.6. The predicted molar refractivity (Wildman–Crippen MR) is 84.2 cm³/mol. The van der Waals surface area contributed by atoms with Crippen LogP contribution in [0, 0.1) is 11.3 Å². The van der Waals surface area contributed by atoms with Gasteiger partial charge in [-0.05, 0) is 48.1 Å². The second-order valence-corrected chi connectivity index (χ2v) is 6.09. The Hall–Kier alpha value is -1.76. The van der Waals surface area contributed by atoms with Crippen LogP contribution in [0.1, 0.15) is 47.6 Å². The Balaban J connectivity index is 1.86. The van der Waals surface area contributed by atoms with Gasteiger partial charge in [0.15, 0.2) is 0 Å². The Bertz CT molecular complexity index is 697. The predicted octanol–water partition coefficient (Wildman–Crippen LogP) is 3.79. The first-order valence-electron chi connectivity index (χ1n) is 7.30. The number of aromatic nitrogens is 1. The van der Waals surface area contributed by atoms with E-state index in [1.807, 2.05) is 6.07 Å². The van der Waals surface area contributed by atoms with Crippen molar-refractivity contribution < 1.29 is 0 Å². The molecule has 1 aromatic carbocycles. The quantitative estimate of drug-likeness (QED) is 0.858. The van der Waals surface area contributed by atoms with Gasteiger partial charge in [0.05, 0.1) is 11.6 Å². The lowest BCUT2D eigenvalue weighted by Gasteiger charge is -2.08. The number of aryl methyl sites for hydroxylation is 1.